The monoisotopic (exact) mass is 441 g/mol. The van der Waals surface area contributed by atoms with Gasteiger partial charge < -0.3 is 10.6 Å². The Kier molecular flexibility index (Phi) is 8.31. The van der Waals surface area contributed by atoms with Gasteiger partial charge in [-0.1, -0.05) is 24.3 Å². The number of hydrogen-bond donors (Lipinski definition) is 3. The van der Waals surface area contributed by atoms with E-state index in [-0.39, 0.29) is 22.6 Å². The Bertz CT molecular complexity index is 934. The fourth-order valence-electron chi connectivity index (χ4n) is 2.21. The van der Waals surface area contributed by atoms with Crippen LogP contribution in [0.5, 0.6) is 0 Å². The zero-order valence-electron chi connectivity index (χ0n) is 14.9. The number of nitrogens with one attached hydrogen (secondary N) is 2. The van der Waals surface area contributed by atoms with Gasteiger partial charge >= 0.3 is 0 Å². The molecule has 0 aliphatic heterocycles. The average molecular weight is 442 g/mol. The van der Waals surface area contributed by atoms with Crippen molar-refractivity contribution in [2.75, 3.05) is 12.4 Å². The lowest BCUT2D eigenvalue weighted by Gasteiger charge is -2.10. The van der Waals surface area contributed by atoms with Crippen molar-refractivity contribution in [2.24, 2.45) is 5.14 Å². The minimum Gasteiger partial charge on any atom is -0.348 e. The first kappa shape index (κ1) is 22.2. The van der Waals surface area contributed by atoms with Crippen LogP contribution in [0.15, 0.2) is 58.3 Å². The van der Waals surface area contributed by atoms with E-state index in [1.54, 1.807) is 36.4 Å². The van der Waals surface area contributed by atoms with E-state index in [0.717, 1.165) is 11.8 Å². The molecular weight excluding hydrogens is 422 g/mol. The number of benzene rings is 2. The molecule has 0 bridgehead atoms. The zero-order chi connectivity index (χ0) is 20.6. The number of amides is 2. The zero-order valence-corrected chi connectivity index (χ0v) is 17.2. The molecule has 0 atom stereocenters. The molecule has 2 aromatic rings. The predicted octanol–water partition coefficient (Wildman–Crippen LogP) is 2.69. The van der Waals surface area contributed by atoms with Gasteiger partial charge in [0.1, 0.15) is 0 Å². The van der Waals surface area contributed by atoms with Crippen LogP contribution in [-0.4, -0.2) is 32.0 Å². The van der Waals surface area contributed by atoms with Crippen LogP contribution in [0.4, 0.5) is 4.79 Å². The topological polar surface area (TPSA) is 118 Å². The number of primary sulfonamides is 1. The van der Waals surface area contributed by atoms with E-state index in [0.29, 0.717) is 34.9 Å². The van der Waals surface area contributed by atoms with Crippen LogP contribution in [0.25, 0.3) is 0 Å². The van der Waals surface area contributed by atoms with E-state index in [2.05, 4.69) is 10.6 Å². The number of rotatable bonds is 8. The molecule has 2 amide bonds. The summed E-state index contributed by atoms with van der Waals surface area (Å²) in [6.45, 7) is 0.670. The third kappa shape index (κ3) is 6.83. The maximum Gasteiger partial charge on any atom is 0.283 e. The maximum atomic E-state index is 12.5. The van der Waals surface area contributed by atoms with Crippen molar-refractivity contribution in [2.45, 2.75) is 22.8 Å². The Morgan fingerprint density at radius 3 is 2.36 bits per heavy atom. The van der Waals surface area contributed by atoms with Crippen LogP contribution in [0.1, 0.15) is 22.3 Å². The molecule has 0 saturated heterocycles. The van der Waals surface area contributed by atoms with Gasteiger partial charge in [-0.25, -0.2) is 13.6 Å². The molecule has 10 heteroatoms. The van der Waals surface area contributed by atoms with Crippen LogP contribution < -0.4 is 15.8 Å². The first-order chi connectivity index (χ1) is 13.3. The maximum absolute atomic E-state index is 12.5. The normalized spacial score (nSPS) is 11.1. The Balaban J connectivity index is 1.99. The summed E-state index contributed by atoms with van der Waals surface area (Å²) in [5.41, 5.74) is 1.09. The molecule has 7 nitrogen and oxygen atoms in total. The largest absolute Gasteiger partial charge is 0.348 e. The van der Waals surface area contributed by atoms with E-state index in [1.807, 2.05) is 0 Å². The van der Waals surface area contributed by atoms with Gasteiger partial charge in [0.2, 0.25) is 10.0 Å². The van der Waals surface area contributed by atoms with Gasteiger partial charge in [0.05, 0.1) is 10.5 Å². The molecule has 0 unspecified atom stereocenters. The number of carbonyl (C=O) groups excluding carboxylic acids is 2. The number of nitrogens with two attached hydrogens (primary N) is 1. The Labute approximate surface area is 173 Å². The summed E-state index contributed by atoms with van der Waals surface area (Å²) in [6.07, 6.45) is 0.667. The molecule has 0 heterocycles. The summed E-state index contributed by atoms with van der Waals surface area (Å²) in [4.78, 5) is 25.0. The first-order valence-electron chi connectivity index (χ1n) is 8.32. The molecule has 0 aliphatic rings. The second-order valence-corrected chi connectivity index (χ2v) is 8.68. The summed E-state index contributed by atoms with van der Waals surface area (Å²) in [5.74, 6) is 0.120. The molecule has 2 rings (SSSR count). The van der Waals surface area contributed by atoms with E-state index >= 15 is 0 Å². The number of hydrogen-bond acceptors (Lipinski definition) is 5. The number of halogens is 1. The summed E-state index contributed by atoms with van der Waals surface area (Å²) in [6, 6.07) is 12.7. The van der Waals surface area contributed by atoms with Crippen LogP contribution in [-0.2, 0) is 16.6 Å². The van der Waals surface area contributed by atoms with Crippen LogP contribution >= 0.6 is 23.4 Å². The molecule has 4 N–H and O–H groups in total. The van der Waals surface area contributed by atoms with Crippen molar-refractivity contribution in [3.05, 3.63) is 59.7 Å². The number of sulfonamides is 1. The fourth-order valence-corrected chi connectivity index (χ4v) is 3.65. The van der Waals surface area contributed by atoms with E-state index in [1.165, 1.54) is 12.1 Å². The Hall–Kier alpha value is -2.07. The second kappa shape index (κ2) is 10.5. The van der Waals surface area contributed by atoms with Gasteiger partial charge in [-0.05, 0) is 48.0 Å². The molecule has 0 spiro atoms. The highest BCUT2D eigenvalue weighted by atomic mass is 35.5. The molecule has 0 fully saturated rings. The van der Waals surface area contributed by atoms with E-state index < -0.39 is 10.0 Å². The minimum atomic E-state index is -3.75. The fraction of sp³-hybridized carbons (Fsp3) is 0.222. The quantitative estimate of drug-likeness (QED) is 0.330. The number of carbonyl (C=O) groups is 2. The van der Waals surface area contributed by atoms with Crippen molar-refractivity contribution in [3.63, 3.8) is 0 Å². The number of thioether (sulfide) groups is 1. The predicted molar refractivity (Wildman–Crippen MR) is 110 cm³/mol. The third-order valence-electron chi connectivity index (χ3n) is 3.62. The highest BCUT2D eigenvalue weighted by Gasteiger charge is 2.14. The van der Waals surface area contributed by atoms with E-state index in [4.69, 9.17) is 16.7 Å². The van der Waals surface area contributed by atoms with Crippen molar-refractivity contribution >= 4 is 44.5 Å². The van der Waals surface area contributed by atoms with Gasteiger partial charge in [0.15, 0.2) is 0 Å². The first-order valence-corrected chi connectivity index (χ1v) is 11.2. The minimum absolute atomic E-state index is 0.00417. The molecular formula is C18H20ClN3O4S2. The summed E-state index contributed by atoms with van der Waals surface area (Å²) < 4.78 is 22.5. The lowest BCUT2D eigenvalue weighted by atomic mass is 10.2. The Morgan fingerprint density at radius 1 is 1.04 bits per heavy atom. The highest BCUT2D eigenvalue weighted by Crippen LogP contribution is 2.23. The second-order valence-electron chi connectivity index (χ2n) is 5.73. The van der Waals surface area contributed by atoms with Gasteiger partial charge in [-0.3, -0.25) is 9.59 Å². The lowest BCUT2D eigenvalue weighted by molar-refractivity contribution is 0.0948. The summed E-state index contributed by atoms with van der Waals surface area (Å²) in [7, 11) is -3.75. The smallest absolute Gasteiger partial charge is 0.283 e. The molecule has 0 saturated carbocycles. The van der Waals surface area contributed by atoms with Crippen LogP contribution in [0, 0.1) is 0 Å². The molecule has 2 aromatic carbocycles. The molecule has 0 aromatic heterocycles. The van der Waals surface area contributed by atoms with Crippen molar-refractivity contribution in [1.82, 2.24) is 10.6 Å². The third-order valence-corrected chi connectivity index (χ3v) is 5.72. The standard InChI is InChI=1S/C18H20ClN3O4S2/c19-10-3-11-21-18(24)27-16-5-2-1-4-15(16)17(23)22-12-13-6-8-14(9-7-13)28(20,25)26/h1-2,4-9H,3,10-12H2,(H,21,24)(H,22,23)(H2,20,25,26). The lowest BCUT2D eigenvalue weighted by Crippen LogP contribution is -2.24. The average Bonchev–Trinajstić information content (AvgIpc) is 2.66. The van der Waals surface area contributed by atoms with E-state index in [9.17, 15) is 18.0 Å². The Morgan fingerprint density at radius 2 is 1.71 bits per heavy atom. The van der Waals surface area contributed by atoms with Crippen molar-refractivity contribution in [3.8, 4) is 0 Å². The van der Waals surface area contributed by atoms with Gasteiger partial charge in [0, 0.05) is 23.9 Å². The highest BCUT2D eigenvalue weighted by molar-refractivity contribution is 8.13. The van der Waals surface area contributed by atoms with Crippen LogP contribution in [0.3, 0.4) is 0 Å². The van der Waals surface area contributed by atoms with Gasteiger partial charge in [-0.15, -0.1) is 11.6 Å². The van der Waals surface area contributed by atoms with Crippen LogP contribution in [0.2, 0.25) is 0 Å². The SMILES string of the molecule is NS(=O)(=O)c1ccc(CNC(=O)c2ccccc2SC(=O)NCCCCl)cc1. The van der Waals surface area contributed by atoms with Crippen molar-refractivity contribution < 1.29 is 18.0 Å². The molecule has 0 aliphatic carbocycles. The molecule has 0 radical (unpaired) electrons. The molecule has 150 valence electrons. The molecule has 28 heavy (non-hydrogen) atoms. The number of alkyl halides is 1. The summed E-state index contributed by atoms with van der Waals surface area (Å²) in [5, 5.41) is 10.3. The van der Waals surface area contributed by atoms with Gasteiger partial charge in [0.25, 0.3) is 11.1 Å². The summed E-state index contributed by atoms with van der Waals surface area (Å²) >= 11 is 6.52. The van der Waals surface area contributed by atoms with Gasteiger partial charge in [-0.2, -0.15) is 0 Å². The van der Waals surface area contributed by atoms with Crippen molar-refractivity contribution in [1.29, 1.82) is 0 Å².